The smallest absolute Gasteiger partial charge is 0.481 e. The highest BCUT2D eigenvalue weighted by molar-refractivity contribution is 6.48. The normalized spacial score (nSPS) is 26.5. The van der Waals surface area contributed by atoms with Gasteiger partial charge in [-0.05, 0) is 86.3 Å². The number of carbonyl (C=O) groups excluding carboxylic acids is 2. The molecule has 4 fully saturated rings. The number of aryl methyl sites for hydroxylation is 1. The number of carbonyl (C=O) groups is 2. The summed E-state index contributed by atoms with van der Waals surface area (Å²) in [4.78, 5) is 26.7. The van der Waals surface area contributed by atoms with Crippen LogP contribution < -0.4 is 26.0 Å². The van der Waals surface area contributed by atoms with Gasteiger partial charge in [0.2, 0.25) is 5.91 Å². The maximum atomic E-state index is 13.8. The zero-order valence-corrected chi connectivity index (χ0v) is 27.0. The molecular formula is C32H52BN5O5. The van der Waals surface area contributed by atoms with Crippen molar-refractivity contribution in [2.75, 3.05) is 20.2 Å². The molecule has 3 saturated carbocycles. The Bertz CT molecular complexity index is 1130. The van der Waals surface area contributed by atoms with Crippen molar-refractivity contribution in [3.8, 4) is 5.75 Å². The molecule has 10 nitrogen and oxygen atoms in total. The van der Waals surface area contributed by atoms with E-state index in [0.29, 0.717) is 49.3 Å². The Labute approximate surface area is 257 Å². The zero-order chi connectivity index (χ0) is 31.4. The molecule has 2 amide bonds. The molecule has 11 heteroatoms. The molecule has 5 N–H and O–H groups in total. The number of ether oxygens (including phenoxy) is 1. The lowest BCUT2D eigenvalue weighted by Crippen LogP contribution is -2.65. The van der Waals surface area contributed by atoms with Crippen LogP contribution in [-0.2, 0) is 25.3 Å². The average Bonchev–Trinajstić information content (AvgIpc) is 3.34. The Hall–Kier alpha value is -2.79. The van der Waals surface area contributed by atoms with Crippen LogP contribution in [0.4, 0.5) is 0 Å². The second-order valence-electron chi connectivity index (χ2n) is 13.7. The lowest BCUT2D eigenvalue weighted by atomic mass is 9.43. The summed E-state index contributed by atoms with van der Waals surface area (Å²) < 4.78 is 19.0. The van der Waals surface area contributed by atoms with E-state index < -0.39 is 13.2 Å². The number of nitrogens with one attached hydrogen (secondary N) is 5. The summed E-state index contributed by atoms with van der Waals surface area (Å²) in [6, 6.07) is 6.87. The summed E-state index contributed by atoms with van der Waals surface area (Å²) in [5, 5.41) is 19.5. The highest BCUT2D eigenvalue weighted by atomic mass is 16.7. The number of rotatable bonds is 14. The molecule has 1 aromatic rings. The Morgan fingerprint density at radius 2 is 1.86 bits per heavy atom. The summed E-state index contributed by atoms with van der Waals surface area (Å²) in [6.07, 6.45) is 4.75. The SMILES string of the molecule is CCc1ccc(OCC(=O)N[C@@H](CCCNC(=N)NC)C(=O)N[C@@H](CC(C)C)B2O[C@@H]3C[C@@H]4C[C@@H](C4(C)C)[C@]3(C)O2)cc1. The van der Waals surface area contributed by atoms with Gasteiger partial charge in [-0.25, -0.2) is 0 Å². The van der Waals surface area contributed by atoms with E-state index in [-0.39, 0.29) is 47.4 Å². The van der Waals surface area contributed by atoms with Crippen molar-refractivity contribution >= 4 is 24.9 Å². The fourth-order valence-electron chi connectivity index (χ4n) is 7.18. The second kappa shape index (κ2) is 13.9. The quantitative estimate of drug-likeness (QED) is 0.0961. The molecule has 0 unspecified atom stereocenters. The van der Waals surface area contributed by atoms with Gasteiger partial charge in [0.1, 0.15) is 11.8 Å². The lowest BCUT2D eigenvalue weighted by molar-refractivity contribution is -0.199. The number of amides is 2. The first-order valence-corrected chi connectivity index (χ1v) is 16.0. The van der Waals surface area contributed by atoms with Gasteiger partial charge in [-0.2, -0.15) is 0 Å². The number of guanidine groups is 1. The Balaban J connectivity index is 1.41. The molecule has 3 aliphatic carbocycles. The highest BCUT2D eigenvalue weighted by Gasteiger charge is 2.68. The van der Waals surface area contributed by atoms with E-state index in [1.807, 2.05) is 24.3 Å². The van der Waals surface area contributed by atoms with Crippen molar-refractivity contribution in [2.45, 2.75) is 104 Å². The maximum absolute atomic E-state index is 13.8. The minimum atomic E-state index is -0.773. The molecule has 1 aliphatic heterocycles. The van der Waals surface area contributed by atoms with Gasteiger partial charge in [0, 0.05) is 13.6 Å². The molecule has 0 spiro atoms. The number of benzene rings is 1. The molecule has 2 bridgehead atoms. The molecule has 238 valence electrons. The minimum absolute atomic E-state index is 0.0217. The van der Waals surface area contributed by atoms with Crippen molar-refractivity contribution in [1.82, 2.24) is 21.3 Å². The standard InChI is InChI=1S/C32H52BN5O5/c1-8-21-11-13-23(14-12-21)41-19-28(39)37-24(10-9-15-36-30(34)35-7)29(40)38-27(16-20(2)3)33-42-26-18-22-17-25(31(22,4)5)32(26,6)43-33/h11-14,20,22,24-27H,8-10,15-19H2,1-7H3,(H,37,39)(H,38,40)(H3,34,35,36)/t22-,24-,25-,26+,27-,32-/m0/s1. The topological polar surface area (TPSA) is 134 Å². The van der Waals surface area contributed by atoms with Gasteiger partial charge in [0.25, 0.3) is 5.91 Å². The summed E-state index contributed by atoms with van der Waals surface area (Å²) in [7, 11) is 1.13. The third kappa shape index (κ3) is 7.66. The van der Waals surface area contributed by atoms with E-state index in [9.17, 15) is 9.59 Å². The summed E-state index contributed by atoms with van der Waals surface area (Å²) in [5.41, 5.74) is 1.05. The largest absolute Gasteiger partial charge is 0.484 e. The van der Waals surface area contributed by atoms with Crippen LogP contribution >= 0.6 is 0 Å². The van der Waals surface area contributed by atoms with Gasteiger partial charge in [-0.1, -0.05) is 46.8 Å². The van der Waals surface area contributed by atoms with E-state index in [0.717, 1.165) is 19.3 Å². The van der Waals surface area contributed by atoms with Crippen molar-refractivity contribution < 1.29 is 23.6 Å². The minimum Gasteiger partial charge on any atom is -0.484 e. The lowest BCUT2D eigenvalue weighted by Gasteiger charge is -2.64. The van der Waals surface area contributed by atoms with Crippen molar-refractivity contribution in [1.29, 1.82) is 5.41 Å². The monoisotopic (exact) mass is 597 g/mol. The first-order valence-electron chi connectivity index (χ1n) is 16.0. The van der Waals surface area contributed by atoms with Crippen LogP contribution in [-0.4, -0.2) is 68.8 Å². The fourth-order valence-corrected chi connectivity index (χ4v) is 7.18. The first kappa shape index (κ1) is 33.1. The van der Waals surface area contributed by atoms with E-state index in [4.69, 9.17) is 19.5 Å². The van der Waals surface area contributed by atoms with Crippen LogP contribution in [0.2, 0.25) is 0 Å². The predicted octanol–water partition coefficient (Wildman–Crippen LogP) is 3.43. The van der Waals surface area contributed by atoms with Gasteiger partial charge < -0.3 is 35.3 Å². The molecule has 4 aliphatic rings. The molecule has 6 atom stereocenters. The molecule has 5 rings (SSSR count). The van der Waals surface area contributed by atoms with Gasteiger partial charge in [0.15, 0.2) is 12.6 Å². The summed E-state index contributed by atoms with van der Waals surface area (Å²) >= 11 is 0. The Morgan fingerprint density at radius 3 is 2.49 bits per heavy atom. The van der Waals surface area contributed by atoms with Gasteiger partial charge in [-0.3, -0.25) is 15.0 Å². The van der Waals surface area contributed by atoms with E-state index >= 15 is 0 Å². The third-order valence-electron chi connectivity index (χ3n) is 9.92. The molecule has 43 heavy (non-hydrogen) atoms. The fraction of sp³-hybridized carbons (Fsp3) is 0.719. The molecular weight excluding hydrogens is 545 g/mol. The van der Waals surface area contributed by atoms with E-state index in [1.54, 1.807) is 7.05 Å². The van der Waals surface area contributed by atoms with Gasteiger partial charge >= 0.3 is 7.12 Å². The molecule has 1 heterocycles. The van der Waals surface area contributed by atoms with Crippen LogP contribution in [0.25, 0.3) is 0 Å². The second-order valence-corrected chi connectivity index (χ2v) is 13.7. The van der Waals surface area contributed by atoms with Gasteiger partial charge in [0.05, 0.1) is 17.6 Å². The van der Waals surface area contributed by atoms with Crippen LogP contribution in [0, 0.1) is 28.6 Å². The van der Waals surface area contributed by atoms with E-state index in [2.05, 4.69) is 62.8 Å². The van der Waals surface area contributed by atoms with Crippen LogP contribution in [0.15, 0.2) is 24.3 Å². The first-order chi connectivity index (χ1) is 20.4. The summed E-state index contributed by atoms with van der Waals surface area (Å²) in [5.74, 6) is 1.19. The highest BCUT2D eigenvalue weighted by Crippen LogP contribution is 2.65. The third-order valence-corrected chi connectivity index (χ3v) is 9.92. The van der Waals surface area contributed by atoms with Gasteiger partial charge in [-0.15, -0.1) is 0 Å². The van der Waals surface area contributed by atoms with Crippen LogP contribution in [0.5, 0.6) is 5.75 Å². The molecule has 0 radical (unpaired) electrons. The van der Waals surface area contributed by atoms with Crippen molar-refractivity contribution in [2.24, 2.45) is 23.2 Å². The number of hydrogen-bond donors (Lipinski definition) is 5. The molecule has 1 saturated heterocycles. The van der Waals surface area contributed by atoms with Crippen LogP contribution in [0.3, 0.4) is 0 Å². The zero-order valence-electron chi connectivity index (χ0n) is 27.0. The van der Waals surface area contributed by atoms with Crippen molar-refractivity contribution in [3.05, 3.63) is 29.8 Å². The van der Waals surface area contributed by atoms with E-state index in [1.165, 1.54) is 5.56 Å². The van der Waals surface area contributed by atoms with Crippen LogP contribution in [0.1, 0.15) is 79.2 Å². The molecule has 0 aromatic heterocycles. The summed E-state index contributed by atoms with van der Waals surface area (Å²) in [6.45, 7) is 13.5. The molecule has 1 aromatic carbocycles. The maximum Gasteiger partial charge on any atom is 0.481 e. The predicted molar refractivity (Wildman–Crippen MR) is 169 cm³/mol. The Kier molecular flexibility index (Phi) is 10.7. The Morgan fingerprint density at radius 1 is 1.14 bits per heavy atom. The van der Waals surface area contributed by atoms with Crippen molar-refractivity contribution in [3.63, 3.8) is 0 Å². The average molecular weight is 598 g/mol. The number of hydrogen-bond acceptors (Lipinski definition) is 6.